The van der Waals surface area contributed by atoms with Crippen LogP contribution in [0.3, 0.4) is 0 Å². The van der Waals surface area contributed by atoms with Crippen molar-refractivity contribution in [3.63, 3.8) is 0 Å². The molecule has 2 aromatic rings. The number of aryl methyl sites for hydroxylation is 1. The Morgan fingerprint density at radius 3 is 2.90 bits per heavy atom. The Morgan fingerprint density at radius 1 is 1.60 bits per heavy atom. The van der Waals surface area contributed by atoms with Crippen LogP contribution in [0.5, 0.6) is 0 Å². The van der Waals surface area contributed by atoms with E-state index in [1.54, 1.807) is 31.4 Å². The van der Waals surface area contributed by atoms with Gasteiger partial charge in [-0.2, -0.15) is 10.4 Å². The molecular formula is C13H11BrN4O2. The minimum atomic E-state index is -1.04. The molecule has 7 heteroatoms. The Labute approximate surface area is 123 Å². The number of nitriles is 1. The van der Waals surface area contributed by atoms with Crippen molar-refractivity contribution in [3.05, 3.63) is 46.2 Å². The summed E-state index contributed by atoms with van der Waals surface area (Å²) in [4.78, 5) is 11.4. The molecule has 1 atom stereocenters. The number of halogens is 1. The molecule has 0 spiro atoms. The van der Waals surface area contributed by atoms with E-state index >= 15 is 0 Å². The highest BCUT2D eigenvalue weighted by atomic mass is 79.9. The summed E-state index contributed by atoms with van der Waals surface area (Å²) in [5, 5.41) is 25.3. The average Bonchev–Trinajstić information content (AvgIpc) is 2.82. The molecule has 0 aliphatic rings. The van der Waals surface area contributed by atoms with Crippen molar-refractivity contribution in [2.24, 2.45) is 7.05 Å². The summed E-state index contributed by atoms with van der Waals surface area (Å²) in [7, 11) is 1.71. The fourth-order valence-corrected chi connectivity index (χ4v) is 2.25. The summed E-state index contributed by atoms with van der Waals surface area (Å²) in [6.07, 6.45) is 3.10. The number of nitrogens with one attached hydrogen (secondary N) is 1. The first kappa shape index (κ1) is 14.1. The average molecular weight is 335 g/mol. The van der Waals surface area contributed by atoms with E-state index in [2.05, 4.69) is 26.3 Å². The Bertz CT molecular complexity index is 690. The summed E-state index contributed by atoms with van der Waals surface area (Å²) in [5.41, 5.74) is 1.34. The Morgan fingerprint density at radius 2 is 2.35 bits per heavy atom. The highest BCUT2D eigenvalue weighted by Gasteiger charge is 2.22. The number of carbonyl (C=O) groups is 1. The summed E-state index contributed by atoms with van der Waals surface area (Å²) in [5.74, 6) is -1.04. The van der Waals surface area contributed by atoms with Gasteiger partial charge in [-0.25, -0.2) is 4.79 Å². The zero-order chi connectivity index (χ0) is 14.7. The minimum absolute atomic E-state index is 0.364. The van der Waals surface area contributed by atoms with Gasteiger partial charge in [-0.15, -0.1) is 0 Å². The third-order valence-electron chi connectivity index (χ3n) is 2.73. The smallest absolute Gasteiger partial charge is 0.330 e. The van der Waals surface area contributed by atoms with Crippen LogP contribution in [0.25, 0.3) is 0 Å². The van der Waals surface area contributed by atoms with Crippen LogP contribution >= 0.6 is 15.9 Å². The molecule has 0 saturated carbocycles. The molecule has 1 aromatic heterocycles. The molecule has 2 N–H and O–H groups in total. The summed E-state index contributed by atoms with van der Waals surface area (Å²) in [6, 6.07) is 6.19. The van der Waals surface area contributed by atoms with E-state index < -0.39 is 12.0 Å². The van der Waals surface area contributed by atoms with Crippen molar-refractivity contribution in [1.82, 2.24) is 9.78 Å². The van der Waals surface area contributed by atoms with E-state index in [0.717, 1.165) is 0 Å². The van der Waals surface area contributed by atoms with Crippen LogP contribution in [0.2, 0.25) is 0 Å². The quantitative estimate of drug-likeness (QED) is 0.895. The number of carboxylic acid groups (broad SMARTS) is 1. The zero-order valence-electron chi connectivity index (χ0n) is 10.5. The number of hydrogen-bond donors (Lipinski definition) is 2. The lowest BCUT2D eigenvalue weighted by atomic mass is 10.1. The van der Waals surface area contributed by atoms with Crippen molar-refractivity contribution >= 4 is 27.6 Å². The number of rotatable bonds is 4. The van der Waals surface area contributed by atoms with E-state index in [0.29, 0.717) is 21.3 Å². The van der Waals surface area contributed by atoms with Gasteiger partial charge in [-0.3, -0.25) is 4.68 Å². The highest BCUT2D eigenvalue weighted by Crippen LogP contribution is 2.27. The summed E-state index contributed by atoms with van der Waals surface area (Å²) < 4.78 is 2.14. The van der Waals surface area contributed by atoms with Gasteiger partial charge < -0.3 is 10.4 Å². The molecule has 20 heavy (non-hydrogen) atoms. The van der Waals surface area contributed by atoms with E-state index in [1.165, 1.54) is 10.9 Å². The van der Waals surface area contributed by atoms with E-state index in [4.69, 9.17) is 5.26 Å². The second-order valence-electron chi connectivity index (χ2n) is 4.14. The van der Waals surface area contributed by atoms with Gasteiger partial charge in [0, 0.05) is 23.3 Å². The van der Waals surface area contributed by atoms with Gasteiger partial charge in [0.1, 0.15) is 6.07 Å². The zero-order valence-corrected chi connectivity index (χ0v) is 12.1. The Kier molecular flexibility index (Phi) is 4.05. The number of aromatic nitrogens is 2. The van der Waals surface area contributed by atoms with Crippen LogP contribution in [-0.2, 0) is 11.8 Å². The number of nitrogens with zero attached hydrogens (tertiary/aromatic N) is 3. The third-order valence-corrected chi connectivity index (χ3v) is 3.39. The number of benzene rings is 1. The van der Waals surface area contributed by atoms with Crippen molar-refractivity contribution in [3.8, 4) is 6.07 Å². The largest absolute Gasteiger partial charge is 0.479 e. The van der Waals surface area contributed by atoms with Crippen molar-refractivity contribution < 1.29 is 9.90 Å². The molecule has 0 amide bonds. The fraction of sp³-hybridized carbons (Fsp3) is 0.154. The molecule has 1 aromatic carbocycles. The third kappa shape index (κ3) is 2.81. The molecule has 0 aliphatic heterocycles. The molecule has 0 saturated heterocycles. The molecule has 1 unspecified atom stereocenters. The molecule has 2 rings (SSSR count). The number of aliphatic carboxylic acids is 1. The molecule has 6 nitrogen and oxygen atoms in total. The first-order chi connectivity index (χ1) is 9.52. The standard InChI is InChI=1S/C13H11BrN4O2/c1-18-7-8(6-16-18)12(13(19)20)17-11-4-2-3-10(14)9(11)5-15/h2-4,6-7,12,17H,1H3,(H,19,20). The maximum Gasteiger partial charge on any atom is 0.330 e. The summed E-state index contributed by atoms with van der Waals surface area (Å²) in [6.45, 7) is 0. The Balaban J connectivity index is 2.38. The fourth-order valence-electron chi connectivity index (χ4n) is 1.79. The van der Waals surface area contributed by atoms with E-state index in [9.17, 15) is 9.90 Å². The monoisotopic (exact) mass is 334 g/mol. The van der Waals surface area contributed by atoms with Gasteiger partial charge in [-0.05, 0) is 28.1 Å². The first-order valence-corrected chi connectivity index (χ1v) is 6.48. The number of hydrogen-bond acceptors (Lipinski definition) is 4. The van der Waals surface area contributed by atoms with Gasteiger partial charge in [0.25, 0.3) is 0 Å². The van der Waals surface area contributed by atoms with Gasteiger partial charge >= 0.3 is 5.97 Å². The molecule has 0 aliphatic carbocycles. The van der Waals surface area contributed by atoms with Crippen molar-refractivity contribution in [2.75, 3.05) is 5.32 Å². The first-order valence-electron chi connectivity index (χ1n) is 5.69. The van der Waals surface area contributed by atoms with Crippen molar-refractivity contribution in [1.29, 1.82) is 5.26 Å². The number of anilines is 1. The second kappa shape index (κ2) is 5.75. The van der Waals surface area contributed by atoms with E-state index in [1.807, 2.05) is 6.07 Å². The van der Waals surface area contributed by atoms with Gasteiger partial charge in [0.2, 0.25) is 0 Å². The lowest BCUT2D eigenvalue weighted by molar-refractivity contribution is -0.138. The van der Waals surface area contributed by atoms with Crippen LogP contribution < -0.4 is 5.32 Å². The van der Waals surface area contributed by atoms with Crippen LogP contribution in [-0.4, -0.2) is 20.9 Å². The van der Waals surface area contributed by atoms with Gasteiger partial charge in [-0.1, -0.05) is 6.07 Å². The van der Waals surface area contributed by atoms with Gasteiger partial charge in [0.15, 0.2) is 6.04 Å². The lowest BCUT2D eigenvalue weighted by Gasteiger charge is -2.15. The molecule has 0 bridgehead atoms. The molecule has 0 radical (unpaired) electrons. The van der Waals surface area contributed by atoms with Crippen molar-refractivity contribution in [2.45, 2.75) is 6.04 Å². The maximum atomic E-state index is 11.4. The van der Waals surface area contributed by atoms with E-state index in [-0.39, 0.29) is 0 Å². The lowest BCUT2D eigenvalue weighted by Crippen LogP contribution is -2.20. The summed E-state index contributed by atoms with van der Waals surface area (Å²) >= 11 is 3.27. The molecule has 102 valence electrons. The normalized spacial score (nSPS) is 11.7. The maximum absolute atomic E-state index is 11.4. The Hall–Kier alpha value is -2.33. The predicted molar refractivity (Wildman–Crippen MR) is 76.1 cm³/mol. The SMILES string of the molecule is Cn1cc(C(Nc2cccc(Br)c2C#N)C(=O)O)cn1. The second-order valence-corrected chi connectivity index (χ2v) is 4.99. The predicted octanol–water partition coefficient (Wildman–Crippen LogP) is 2.29. The van der Waals surface area contributed by atoms with Gasteiger partial charge in [0.05, 0.1) is 17.4 Å². The molecule has 0 fully saturated rings. The number of carboxylic acids is 1. The van der Waals surface area contributed by atoms with Crippen LogP contribution in [0.4, 0.5) is 5.69 Å². The van der Waals surface area contributed by atoms with Crippen LogP contribution in [0.15, 0.2) is 35.1 Å². The molecular weight excluding hydrogens is 324 g/mol. The van der Waals surface area contributed by atoms with Crippen LogP contribution in [0.1, 0.15) is 17.2 Å². The highest BCUT2D eigenvalue weighted by molar-refractivity contribution is 9.10. The topological polar surface area (TPSA) is 90.9 Å². The van der Waals surface area contributed by atoms with Crippen LogP contribution in [0, 0.1) is 11.3 Å². The molecule has 1 heterocycles. The minimum Gasteiger partial charge on any atom is -0.479 e.